The van der Waals surface area contributed by atoms with Crippen molar-refractivity contribution in [3.8, 4) is 12.3 Å². The smallest absolute Gasteiger partial charge is 0.363 e. The molecule has 0 aromatic rings. The third-order valence-electron chi connectivity index (χ3n) is 0.571. The molecule has 11 heavy (non-hydrogen) atoms. The molecule has 0 aliphatic carbocycles. The van der Waals surface area contributed by atoms with Gasteiger partial charge in [0.25, 0.3) is 0 Å². The third kappa shape index (κ3) is 4.22. The van der Waals surface area contributed by atoms with E-state index >= 15 is 0 Å². The van der Waals surface area contributed by atoms with Gasteiger partial charge in [0.2, 0.25) is 0 Å². The average Bonchev–Trinajstić information content (AvgIpc) is 1.86. The summed E-state index contributed by atoms with van der Waals surface area (Å²) in [6.07, 6.45) is -0.346. The van der Waals surface area contributed by atoms with Gasteiger partial charge >= 0.3 is 12.1 Å². The van der Waals surface area contributed by atoms with Crippen LogP contribution >= 0.6 is 0 Å². The summed E-state index contributed by atoms with van der Waals surface area (Å²) in [5, 5.41) is 0. The maximum absolute atomic E-state index is 11.3. The quantitative estimate of drug-likeness (QED) is 0.363. The molecule has 0 fully saturated rings. The Bertz CT molecular complexity index is 181. The molecule has 0 saturated carbocycles. The molecule has 0 radical (unpaired) electrons. The van der Waals surface area contributed by atoms with E-state index in [0.717, 1.165) is 0 Å². The molecule has 0 bridgehead atoms. The Morgan fingerprint density at radius 3 is 2.55 bits per heavy atom. The molecule has 0 heterocycles. The van der Waals surface area contributed by atoms with Crippen LogP contribution in [-0.4, -0.2) is 18.7 Å². The lowest BCUT2D eigenvalue weighted by Crippen LogP contribution is -2.31. The highest BCUT2D eigenvalue weighted by molar-refractivity contribution is 5.75. The van der Waals surface area contributed by atoms with Gasteiger partial charge in [-0.15, -0.1) is 11.9 Å². The number of carbonyl (C=O) groups excluding carboxylic acids is 1. The van der Waals surface area contributed by atoms with Crippen LogP contribution in [0.1, 0.15) is 0 Å². The zero-order valence-corrected chi connectivity index (χ0v) is 5.23. The van der Waals surface area contributed by atoms with Crippen molar-refractivity contribution in [2.24, 2.45) is 0 Å². The van der Waals surface area contributed by atoms with E-state index in [9.17, 15) is 18.0 Å². The molecule has 0 atom stereocenters. The van der Waals surface area contributed by atoms with Crippen molar-refractivity contribution in [2.75, 3.05) is 6.54 Å². The monoisotopic (exact) mass is 167 g/mol. The van der Waals surface area contributed by atoms with Crippen LogP contribution in [0, 0.1) is 12.3 Å². The molecule has 0 amide bonds. The summed E-state index contributed by atoms with van der Waals surface area (Å²) < 4.78 is 33.9. The second kappa shape index (κ2) is 3.83. The van der Waals surface area contributed by atoms with Crippen LogP contribution in [0.5, 0.6) is 0 Å². The molecule has 0 rings (SSSR count). The zero-order valence-electron chi connectivity index (χ0n) is 5.23. The maximum atomic E-state index is 11.3. The largest absolute Gasteiger partial charge is 0.492 e. The fourth-order valence-corrected chi connectivity index (χ4v) is 0.201. The first kappa shape index (κ1) is 9.78. The highest BCUT2D eigenvalue weighted by Crippen LogP contribution is 2.15. The number of hydroxylamine groups is 1. The van der Waals surface area contributed by atoms with Crippen LogP contribution in [0.25, 0.3) is 0 Å². The molecule has 0 saturated heterocycles. The summed E-state index contributed by atoms with van der Waals surface area (Å²) in [5.41, 5.74) is 1.64. The maximum Gasteiger partial charge on any atom is 0.492 e. The molecule has 0 aliphatic heterocycles. The van der Waals surface area contributed by atoms with Crippen molar-refractivity contribution in [2.45, 2.75) is 6.18 Å². The minimum absolute atomic E-state index is 0.262. The Kier molecular flexibility index (Phi) is 3.40. The number of rotatable bonds is 2. The van der Waals surface area contributed by atoms with Gasteiger partial charge in [-0.25, -0.2) is 4.79 Å². The van der Waals surface area contributed by atoms with Gasteiger partial charge in [-0.1, -0.05) is 5.92 Å². The highest BCUT2D eigenvalue weighted by Gasteiger charge is 2.41. The summed E-state index contributed by atoms with van der Waals surface area (Å²) >= 11 is 0. The summed E-state index contributed by atoms with van der Waals surface area (Å²) in [4.78, 5) is 13.4. The van der Waals surface area contributed by atoms with Crippen molar-refractivity contribution in [1.82, 2.24) is 5.48 Å². The van der Waals surface area contributed by atoms with Crippen LogP contribution < -0.4 is 5.48 Å². The van der Waals surface area contributed by atoms with Gasteiger partial charge in [-0.3, -0.25) is 0 Å². The van der Waals surface area contributed by atoms with Crippen LogP contribution in [0.15, 0.2) is 0 Å². The first-order valence-electron chi connectivity index (χ1n) is 2.43. The fourth-order valence-electron chi connectivity index (χ4n) is 0.201. The number of alkyl halides is 3. The fraction of sp³-hybridized carbons (Fsp3) is 0.400. The molecular formula is C5H4F3NO2. The summed E-state index contributed by atoms with van der Waals surface area (Å²) in [7, 11) is 0. The van der Waals surface area contributed by atoms with Gasteiger partial charge < -0.3 is 4.84 Å². The molecular weight excluding hydrogens is 163 g/mol. The lowest BCUT2D eigenvalue weighted by atomic mass is 10.7. The van der Waals surface area contributed by atoms with Gasteiger partial charge in [-0.2, -0.15) is 13.2 Å². The van der Waals surface area contributed by atoms with Crippen LogP contribution in [0.2, 0.25) is 0 Å². The minimum atomic E-state index is -4.98. The molecule has 0 aromatic heterocycles. The first-order chi connectivity index (χ1) is 4.98. The van der Waals surface area contributed by atoms with E-state index in [2.05, 4.69) is 11.3 Å². The average molecular weight is 167 g/mol. The number of hydrogen-bond acceptors (Lipinski definition) is 3. The number of terminal acetylenes is 1. The van der Waals surface area contributed by atoms with Gasteiger partial charge in [0.1, 0.15) is 0 Å². The number of nitrogens with one attached hydrogen (secondary N) is 1. The standard InChI is InChI=1S/C5H4F3NO2/c1-2-3-9-11-4(10)5(6,7)8/h1,9H,3H2. The Morgan fingerprint density at radius 2 is 2.18 bits per heavy atom. The van der Waals surface area contributed by atoms with E-state index in [1.54, 1.807) is 5.48 Å². The normalized spacial score (nSPS) is 10.4. The van der Waals surface area contributed by atoms with E-state index in [1.165, 1.54) is 0 Å². The van der Waals surface area contributed by atoms with Crippen molar-refractivity contribution >= 4 is 5.97 Å². The van der Waals surface area contributed by atoms with Crippen molar-refractivity contribution < 1.29 is 22.8 Å². The highest BCUT2D eigenvalue weighted by atomic mass is 19.4. The van der Waals surface area contributed by atoms with Gasteiger partial charge in [0.15, 0.2) is 0 Å². The van der Waals surface area contributed by atoms with Gasteiger partial charge in [0, 0.05) is 0 Å². The summed E-state index contributed by atoms with van der Waals surface area (Å²) in [6.45, 7) is -0.262. The topological polar surface area (TPSA) is 38.3 Å². The van der Waals surface area contributed by atoms with E-state index in [1.807, 2.05) is 5.92 Å². The van der Waals surface area contributed by atoms with Crippen LogP contribution in [-0.2, 0) is 9.63 Å². The second-order valence-electron chi connectivity index (χ2n) is 1.41. The SMILES string of the molecule is C#CCNOC(=O)C(F)(F)F. The zero-order chi connectivity index (χ0) is 8.91. The summed E-state index contributed by atoms with van der Waals surface area (Å²) in [6, 6.07) is 0. The Labute approximate surface area is 60.5 Å². The van der Waals surface area contributed by atoms with Crippen LogP contribution in [0.4, 0.5) is 13.2 Å². The molecule has 3 nitrogen and oxygen atoms in total. The molecule has 0 spiro atoms. The first-order valence-corrected chi connectivity index (χ1v) is 2.43. The molecule has 1 N–H and O–H groups in total. The lowest BCUT2D eigenvalue weighted by molar-refractivity contribution is -0.206. The predicted molar refractivity (Wildman–Crippen MR) is 29.0 cm³/mol. The van der Waals surface area contributed by atoms with Crippen LogP contribution in [0.3, 0.4) is 0 Å². The van der Waals surface area contributed by atoms with Gasteiger partial charge in [-0.05, 0) is 0 Å². The number of carbonyl (C=O) groups is 1. The van der Waals surface area contributed by atoms with Crippen molar-refractivity contribution in [3.63, 3.8) is 0 Å². The van der Waals surface area contributed by atoms with E-state index in [4.69, 9.17) is 0 Å². The second-order valence-corrected chi connectivity index (χ2v) is 1.41. The lowest BCUT2D eigenvalue weighted by Gasteiger charge is -2.04. The van der Waals surface area contributed by atoms with E-state index < -0.39 is 12.1 Å². The molecule has 0 unspecified atom stereocenters. The molecule has 0 aliphatic rings. The van der Waals surface area contributed by atoms with Gasteiger partial charge in [0.05, 0.1) is 6.54 Å². The molecule has 62 valence electrons. The molecule has 6 heteroatoms. The van der Waals surface area contributed by atoms with E-state index in [-0.39, 0.29) is 6.54 Å². The van der Waals surface area contributed by atoms with E-state index in [0.29, 0.717) is 0 Å². The van der Waals surface area contributed by atoms with Crippen molar-refractivity contribution in [1.29, 1.82) is 0 Å². The third-order valence-corrected chi connectivity index (χ3v) is 0.571. The Morgan fingerprint density at radius 1 is 1.64 bits per heavy atom. The Balaban J connectivity index is 3.64. The predicted octanol–water partition coefficient (Wildman–Crippen LogP) is 0.230. The summed E-state index contributed by atoms with van der Waals surface area (Å²) in [5.74, 6) is -0.393. The minimum Gasteiger partial charge on any atom is -0.363 e. The number of hydrogen-bond donors (Lipinski definition) is 1. The van der Waals surface area contributed by atoms with Crippen molar-refractivity contribution in [3.05, 3.63) is 0 Å². The molecule has 0 aromatic carbocycles. The Hall–Kier alpha value is -1.22. The number of halogens is 3.